The summed E-state index contributed by atoms with van der Waals surface area (Å²) in [5, 5.41) is 0. The summed E-state index contributed by atoms with van der Waals surface area (Å²) in [5.41, 5.74) is 7.01. The number of carbonyl (C=O) groups excluding carboxylic acids is 1. The maximum absolute atomic E-state index is 13.0. The Labute approximate surface area is 85.4 Å². The Morgan fingerprint density at radius 2 is 1.93 bits per heavy atom. The summed E-state index contributed by atoms with van der Waals surface area (Å²) < 4.78 is 25.8. The van der Waals surface area contributed by atoms with Crippen molar-refractivity contribution < 1.29 is 13.6 Å². The molecule has 0 saturated heterocycles. The quantitative estimate of drug-likeness (QED) is 0.704. The second-order valence-electron chi connectivity index (χ2n) is 3.50. The normalized spacial score (nSPS) is 16.8. The lowest BCUT2D eigenvalue weighted by molar-refractivity contribution is -0.113. The molecular formula is C11H9F2NO. The largest absolute Gasteiger partial charge is 0.366 e. The number of carbonyl (C=O) groups is 1. The van der Waals surface area contributed by atoms with Crippen molar-refractivity contribution >= 4 is 11.5 Å². The van der Waals surface area contributed by atoms with Gasteiger partial charge in [0.1, 0.15) is 0 Å². The van der Waals surface area contributed by atoms with E-state index in [-0.39, 0.29) is 0 Å². The van der Waals surface area contributed by atoms with Crippen LogP contribution in [0.2, 0.25) is 0 Å². The second-order valence-corrected chi connectivity index (χ2v) is 3.50. The van der Waals surface area contributed by atoms with Crippen LogP contribution in [0.4, 0.5) is 8.78 Å². The molecule has 0 fully saturated rings. The molecule has 0 spiro atoms. The topological polar surface area (TPSA) is 43.1 Å². The lowest BCUT2D eigenvalue weighted by Gasteiger charge is -2.01. The summed E-state index contributed by atoms with van der Waals surface area (Å²) in [7, 11) is 0. The molecule has 1 aromatic rings. The van der Waals surface area contributed by atoms with Crippen molar-refractivity contribution in [1.29, 1.82) is 0 Å². The minimum atomic E-state index is -0.897. The fourth-order valence-electron chi connectivity index (χ4n) is 1.82. The maximum Gasteiger partial charge on any atom is 0.241 e. The van der Waals surface area contributed by atoms with Crippen LogP contribution in [0.3, 0.4) is 0 Å². The Morgan fingerprint density at radius 1 is 1.27 bits per heavy atom. The van der Waals surface area contributed by atoms with Crippen LogP contribution in [0.25, 0.3) is 5.57 Å². The standard InChI is InChI=1S/C11H9F2NO/c12-9-3-6-1-2-7(4-11(14)15)8(6)5-10(9)13/h3-5H,1-2H2,(H2,14,15)/b7-4-. The van der Waals surface area contributed by atoms with Crippen molar-refractivity contribution in [2.45, 2.75) is 12.8 Å². The first-order valence-electron chi connectivity index (χ1n) is 4.56. The number of fused-ring (bicyclic) bond motifs is 1. The van der Waals surface area contributed by atoms with Gasteiger partial charge in [-0.15, -0.1) is 0 Å². The zero-order valence-electron chi connectivity index (χ0n) is 7.89. The zero-order chi connectivity index (χ0) is 11.0. The molecule has 2 rings (SSSR count). The molecule has 1 aliphatic carbocycles. The lowest BCUT2D eigenvalue weighted by Crippen LogP contribution is -2.06. The molecule has 78 valence electrons. The highest BCUT2D eigenvalue weighted by Crippen LogP contribution is 2.33. The number of rotatable bonds is 1. The van der Waals surface area contributed by atoms with Crippen LogP contribution in [0.1, 0.15) is 17.5 Å². The first-order valence-corrected chi connectivity index (χ1v) is 4.56. The van der Waals surface area contributed by atoms with Crippen LogP contribution < -0.4 is 5.73 Å². The summed E-state index contributed by atoms with van der Waals surface area (Å²) in [4.78, 5) is 10.7. The summed E-state index contributed by atoms with van der Waals surface area (Å²) in [5.74, 6) is -2.32. The number of halogens is 2. The highest BCUT2D eigenvalue weighted by atomic mass is 19.2. The Bertz CT molecular complexity index is 466. The first kappa shape index (κ1) is 9.83. The SMILES string of the molecule is NC(=O)/C=C1/CCc2cc(F)c(F)cc21. The summed E-state index contributed by atoms with van der Waals surface area (Å²) >= 11 is 0. The molecular weight excluding hydrogens is 200 g/mol. The van der Waals surface area contributed by atoms with Crippen molar-refractivity contribution in [3.05, 3.63) is 41.0 Å². The molecule has 1 aromatic carbocycles. The molecule has 0 bridgehead atoms. The smallest absolute Gasteiger partial charge is 0.241 e. The van der Waals surface area contributed by atoms with Gasteiger partial charge in [0.05, 0.1) is 0 Å². The van der Waals surface area contributed by atoms with Gasteiger partial charge in [-0.05, 0) is 41.7 Å². The number of nitrogens with two attached hydrogens (primary N) is 1. The molecule has 0 aliphatic heterocycles. The van der Waals surface area contributed by atoms with E-state index < -0.39 is 17.5 Å². The molecule has 1 aliphatic rings. The van der Waals surface area contributed by atoms with Crippen molar-refractivity contribution in [2.24, 2.45) is 5.73 Å². The van der Waals surface area contributed by atoms with Gasteiger partial charge in [-0.3, -0.25) is 4.79 Å². The van der Waals surface area contributed by atoms with Crippen LogP contribution in [-0.4, -0.2) is 5.91 Å². The third-order valence-electron chi connectivity index (χ3n) is 2.47. The summed E-state index contributed by atoms with van der Waals surface area (Å²) in [6.45, 7) is 0. The Hall–Kier alpha value is -1.71. The molecule has 4 heteroatoms. The zero-order valence-corrected chi connectivity index (χ0v) is 7.89. The van der Waals surface area contributed by atoms with Crippen LogP contribution in [-0.2, 0) is 11.2 Å². The van der Waals surface area contributed by atoms with Gasteiger partial charge < -0.3 is 5.73 Å². The van der Waals surface area contributed by atoms with Gasteiger partial charge in [0.25, 0.3) is 0 Å². The van der Waals surface area contributed by atoms with Crippen molar-refractivity contribution in [1.82, 2.24) is 0 Å². The van der Waals surface area contributed by atoms with Gasteiger partial charge in [0.15, 0.2) is 11.6 Å². The van der Waals surface area contributed by atoms with E-state index in [2.05, 4.69) is 0 Å². The molecule has 0 atom stereocenters. The van der Waals surface area contributed by atoms with Gasteiger partial charge in [0.2, 0.25) is 5.91 Å². The van der Waals surface area contributed by atoms with Gasteiger partial charge in [-0.25, -0.2) is 8.78 Å². The molecule has 0 unspecified atom stereocenters. The third kappa shape index (κ3) is 1.75. The van der Waals surface area contributed by atoms with E-state index >= 15 is 0 Å². The Kier molecular flexibility index (Phi) is 2.26. The number of primary amides is 1. The van der Waals surface area contributed by atoms with E-state index in [1.165, 1.54) is 12.1 Å². The molecule has 0 heterocycles. The molecule has 0 aromatic heterocycles. The average molecular weight is 209 g/mol. The Morgan fingerprint density at radius 3 is 2.60 bits per heavy atom. The molecule has 2 nitrogen and oxygen atoms in total. The molecule has 2 N–H and O–H groups in total. The van der Waals surface area contributed by atoms with Gasteiger partial charge in [-0.2, -0.15) is 0 Å². The van der Waals surface area contributed by atoms with Crippen LogP contribution in [0.5, 0.6) is 0 Å². The van der Waals surface area contributed by atoms with Crippen LogP contribution >= 0.6 is 0 Å². The molecule has 1 amide bonds. The molecule has 0 saturated carbocycles. The van der Waals surface area contributed by atoms with Gasteiger partial charge in [-0.1, -0.05) is 0 Å². The monoisotopic (exact) mass is 209 g/mol. The highest BCUT2D eigenvalue weighted by molar-refractivity contribution is 5.95. The van der Waals surface area contributed by atoms with Gasteiger partial charge in [0, 0.05) is 6.08 Å². The van der Waals surface area contributed by atoms with E-state index in [9.17, 15) is 13.6 Å². The van der Waals surface area contributed by atoms with E-state index in [1.54, 1.807) is 0 Å². The van der Waals surface area contributed by atoms with Crippen molar-refractivity contribution in [3.63, 3.8) is 0 Å². The van der Waals surface area contributed by atoms with Crippen molar-refractivity contribution in [3.8, 4) is 0 Å². The van der Waals surface area contributed by atoms with Crippen LogP contribution in [0, 0.1) is 11.6 Å². The Balaban J connectivity index is 2.51. The van der Waals surface area contributed by atoms with Crippen LogP contribution in [0.15, 0.2) is 18.2 Å². The van der Waals surface area contributed by atoms with E-state index in [1.807, 2.05) is 0 Å². The van der Waals surface area contributed by atoms with E-state index in [0.717, 1.165) is 11.6 Å². The maximum atomic E-state index is 13.0. The van der Waals surface area contributed by atoms with Crippen molar-refractivity contribution in [2.75, 3.05) is 0 Å². The second kappa shape index (κ2) is 3.46. The number of aryl methyl sites for hydroxylation is 1. The third-order valence-corrected chi connectivity index (χ3v) is 2.47. The molecule has 15 heavy (non-hydrogen) atoms. The van der Waals surface area contributed by atoms with E-state index in [0.29, 0.717) is 24.0 Å². The first-order chi connectivity index (χ1) is 7.08. The lowest BCUT2D eigenvalue weighted by atomic mass is 10.1. The minimum Gasteiger partial charge on any atom is -0.366 e. The average Bonchev–Trinajstić information content (AvgIpc) is 2.49. The fraction of sp³-hybridized carbons (Fsp3) is 0.182. The minimum absolute atomic E-state index is 0.567. The highest BCUT2D eigenvalue weighted by Gasteiger charge is 2.19. The van der Waals surface area contributed by atoms with E-state index in [4.69, 9.17) is 5.73 Å². The summed E-state index contributed by atoms with van der Waals surface area (Å²) in [6, 6.07) is 2.29. The number of allylic oxidation sites excluding steroid dienone is 1. The molecule has 0 radical (unpaired) electrons. The number of hydrogen-bond donors (Lipinski definition) is 1. The van der Waals surface area contributed by atoms with Gasteiger partial charge >= 0.3 is 0 Å². The predicted molar refractivity (Wildman–Crippen MR) is 51.9 cm³/mol. The number of benzene rings is 1. The summed E-state index contributed by atoms with van der Waals surface area (Å²) in [6.07, 6.45) is 2.48. The number of amides is 1. The predicted octanol–water partition coefficient (Wildman–Crippen LogP) is 1.78. The fourth-order valence-corrected chi connectivity index (χ4v) is 1.82. The number of hydrogen-bond acceptors (Lipinski definition) is 1.